The van der Waals surface area contributed by atoms with Crippen molar-refractivity contribution in [3.63, 3.8) is 0 Å². The Kier molecular flexibility index (Phi) is 3.65. The Morgan fingerprint density at radius 1 is 1.31 bits per heavy atom. The molecule has 6 heteroatoms. The van der Waals surface area contributed by atoms with Gasteiger partial charge in [-0.3, -0.25) is 4.79 Å². The third-order valence-corrected chi connectivity index (χ3v) is 1.58. The van der Waals surface area contributed by atoms with Gasteiger partial charge < -0.3 is 15.7 Å². The molecule has 0 amide bonds. The molecule has 6 nitrogen and oxygen atoms in total. The highest BCUT2D eigenvalue weighted by Crippen LogP contribution is 2.11. The van der Waals surface area contributed by atoms with E-state index in [2.05, 4.69) is 20.6 Å². The van der Waals surface area contributed by atoms with Gasteiger partial charge in [-0.15, -0.1) is 0 Å². The molecule has 0 aliphatic heterocycles. The molecular formula is C10H16N4O2. The number of nitrogens with one attached hydrogen (secondary N) is 2. The largest absolute Gasteiger partial charge is 0.480 e. The molecule has 0 saturated heterocycles. The number of nitrogens with zero attached hydrogens (tertiary/aromatic N) is 2. The lowest BCUT2D eigenvalue weighted by Crippen LogP contribution is -2.26. The van der Waals surface area contributed by atoms with Crippen LogP contribution in [0, 0.1) is 0 Å². The Bertz CT molecular complexity index is 356. The minimum atomic E-state index is -0.932. The molecule has 1 heterocycles. The van der Waals surface area contributed by atoms with Crippen molar-refractivity contribution in [2.75, 3.05) is 17.2 Å². The van der Waals surface area contributed by atoms with Crippen LogP contribution in [0.4, 0.5) is 11.6 Å². The molecular weight excluding hydrogens is 208 g/mol. The van der Waals surface area contributed by atoms with E-state index in [9.17, 15) is 4.79 Å². The van der Waals surface area contributed by atoms with Crippen molar-refractivity contribution in [3.05, 3.63) is 12.4 Å². The van der Waals surface area contributed by atoms with E-state index in [0.717, 1.165) is 0 Å². The van der Waals surface area contributed by atoms with Crippen LogP contribution in [-0.4, -0.2) is 33.1 Å². The molecule has 0 unspecified atom stereocenters. The summed E-state index contributed by atoms with van der Waals surface area (Å²) in [6.07, 6.45) is 3.06. The van der Waals surface area contributed by atoms with Gasteiger partial charge in [0, 0.05) is 5.54 Å². The lowest BCUT2D eigenvalue weighted by Gasteiger charge is -2.20. The highest BCUT2D eigenvalue weighted by molar-refractivity contribution is 5.72. The van der Waals surface area contributed by atoms with Crippen LogP contribution >= 0.6 is 0 Å². The monoisotopic (exact) mass is 224 g/mol. The summed E-state index contributed by atoms with van der Waals surface area (Å²) in [5, 5.41) is 14.2. The van der Waals surface area contributed by atoms with Crippen molar-refractivity contribution in [2.24, 2.45) is 0 Å². The molecule has 0 radical (unpaired) electrons. The molecule has 0 atom stereocenters. The fourth-order valence-corrected chi connectivity index (χ4v) is 1.03. The van der Waals surface area contributed by atoms with Gasteiger partial charge in [-0.25, -0.2) is 9.97 Å². The number of hydrogen-bond donors (Lipinski definition) is 3. The van der Waals surface area contributed by atoms with Gasteiger partial charge in [0.15, 0.2) is 0 Å². The van der Waals surface area contributed by atoms with Crippen LogP contribution in [-0.2, 0) is 4.79 Å². The maximum absolute atomic E-state index is 10.3. The highest BCUT2D eigenvalue weighted by atomic mass is 16.4. The van der Waals surface area contributed by atoms with Crippen molar-refractivity contribution in [3.8, 4) is 0 Å². The molecule has 0 saturated carbocycles. The zero-order valence-corrected chi connectivity index (χ0v) is 9.61. The first-order valence-corrected chi connectivity index (χ1v) is 4.93. The Morgan fingerprint density at radius 3 is 2.31 bits per heavy atom. The fraction of sp³-hybridized carbons (Fsp3) is 0.500. The second kappa shape index (κ2) is 4.78. The van der Waals surface area contributed by atoms with E-state index in [1.54, 1.807) is 6.20 Å². The lowest BCUT2D eigenvalue weighted by molar-refractivity contribution is -0.134. The van der Waals surface area contributed by atoms with E-state index in [1.807, 2.05) is 20.8 Å². The number of aliphatic carboxylic acids is 1. The number of carboxylic acid groups (broad SMARTS) is 1. The highest BCUT2D eigenvalue weighted by Gasteiger charge is 2.10. The van der Waals surface area contributed by atoms with Gasteiger partial charge in [0.2, 0.25) is 0 Å². The molecule has 1 rings (SSSR count). The maximum atomic E-state index is 10.3. The van der Waals surface area contributed by atoms with Crippen LogP contribution < -0.4 is 10.6 Å². The number of carbonyl (C=O) groups is 1. The topological polar surface area (TPSA) is 87.1 Å². The average Bonchev–Trinajstić information content (AvgIpc) is 2.14. The first-order valence-electron chi connectivity index (χ1n) is 4.93. The van der Waals surface area contributed by atoms with Gasteiger partial charge >= 0.3 is 5.97 Å². The minimum Gasteiger partial charge on any atom is -0.480 e. The standard InChI is InChI=1S/C10H16N4O2/c1-10(2,3)14-8-5-11-7(4-12-8)13-6-9(15)16/h4-5H,6H2,1-3H3,(H,11,13)(H,12,14)(H,15,16). The molecule has 0 aliphatic rings. The normalized spacial score (nSPS) is 10.9. The Balaban J connectivity index is 2.57. The first kappa shape index (κ1) is 12.2. The molecule has 3 N–H and O–H groups in total. The van der Waals surface area contributed by atoms with Crippen LogP contribution in [0.25, 0.3) is 0 Å². The lowest BCUT2D eigenvalue weighted by atomic mass is 10.1. The van der Waals surface area contributed by atoms with E-state index in [4.69, 9.17) is 5.11 Å². The Hall–Kier alpha value is -1.85. The van der Waals surface area contributed by atoms with Gasteiger partial charge in [-0.1, -0.05) is 0 Å². The smallest absolute Gasteiger partial charge is 0.322 e. The van der Waals surface area contributed by atoms with Crippen molar-refractivity contribution >= 4 is 17.6 Å². The fourth-order valence-electron chi connectivity index (χ4n) is 1.03. The van der Waals surface area contributed by atoms with Gasteiger partial charge in [0.05, 0.1) is 12.4 Å². The zero-order chi connectivity index (χ0) is 12.2. The molecule has 0 aromatic carbocycles. The van der Waals surface area contributed by atoms with Crippen LogP contribution in [0.2, 0.25) is 0 Å². The van der Waals surface area contributed by atoms with Gasteiger partial charge in [0.1, 0.15) is 18.2 Å². The SMILES string of the molecule is CC(C)(C)Nc1cnc(NCC(=O)O)cn1. The van der Waals surface area contributed by atoms with E-state index in [-0.39, 0.29) is 12.1 Å². The molecule has 1 aromatic rings. The summed E-state index contributed by atoms with van der Waals surface area (Å²) in [6.45, 7) is 5.89. The predicted octanol–water partition coefficient (Wildman–Crippen LogP) is 1.18. The number of anilines is 2. The Labute approximate surface area is 94.1 Å². The number of rotatable bonds is 4. The number of carboxylic acids is 1. The second-order valence-corrected chi connectivity index (χ2v) is 4.41. The molecule has 88 valence electrons. The second-order valence-electron chi connectivity index (χ2n) is 4.41. The molecule has 0 spiro atoms. The van der Waals surface area contributed by atoms with Crippen molar-refractivity contribution < 1.29 is 9.90 Å². The third-order valence-electron chi connectivity index (χ3n) is 1.58. The Morgan fingerprint density at radius 2 is 1.88 bits per heavy atom. The van der Waals surface area contributed by atoms with Gasteiger partial charge in [-0.2, -0.15) is 0 Å². The van der Waals surface area contributed by atoms with E-state index < -0.39 is 5.97 Å². The van der Waals surface area contributed by atoms with Crippen LogP contribution in [0.1, 0.15) is 20.8 Å². The molecule has 16 heavy (non-hydrogen) atoms. The quantitative estimate of drug-likeness (QED) is 0.712. The predicted molar refractivity (Wildman–Crippen MR) is 61.5 cm³/mol. The number of hydrogen-bond acceptors (Lipinski definition) is 5. The summed E-state index contributed by atoms with van der Waals surface area (Å²) in [7, 11) is 0. The van der Waals surface area contributed by atoms with Crippen LogP contribution in [0.5, 0.6) is 0 Å². The van der Waals surface area contributed by atoms with E-state index >= 15 is 0 Å². The molecule has 0 bridgehead atoms. The van der Waals surface area contributed by atoms with Gasteiger partial charge in [-0.05, 0) is 20.8 Å². The van der Waals surface area contributed by atoms with Gasteiger partial charge in [0.25, 0.3) is 0 Å². The third kappa shape index (κ3) is 4.59. The van der Waals surface area contributed by atoms with E-state index in [0.29, 0.717) is 11.6 Å². The summed E-state index contributed by atoms with van der Waals surface area (Å²) >= 11 is 0. The summed E-state index contributed by atoms with van der Waals surface area (Å²) in [5.41, 5.74) is -0.0787. The minimum absolute atomic E-state index is 0.0787. The van der Waals surface area contributed by atoms with Crippen LogP contribution in [0.15, 0.2) is 12.4 Å². The van der Waals surface area contributed by atoms with Crippen molar-refractivity contribution in [1.82, 2.24) is 9.97 Å². The zero-order valence-electron chi connectivity index (χ0n) is 9.61. The first-order chi connectivity index (χ1) is 7.37. The average molecular weight is 224 g/mol. The molecule has 0 fully saturated rings. The summed E-state index contributed by atoms with van der Waals surface area (Å²) < 4.78 is 0. The summed E-state index contributed by atoms with van der Waals surface area (Å²) in [4.78, 5) is 18.5. The molecule has 0 aliphatic carbocycles. The van der Waals surface area contributed by atoms with E-state index in [1.165, 1.54) is 6.20 Å². The number of aromatic nitrogens is 2. The van der Waals surface area contributed by atoms with Crippen molar-refractivity contribution in [2.45, 2.75) is 26.3 Å². The summed E-state index contributed by atoms with van der Waals surface area (Å²) in [6, 6.07) is 0. The van der Waals surface area contributed by atoms with Crippen molar-refractivity contribution in [1.29, 1.82) is 0 Å². The summed E-state index contributed by atoms with van der Waals surface area (Å²) in [5.74, 6) is 0.175. The van der Waals surface area contributed by atoms with Crippen LogP contribution in [0.3, 0.4) is 0 Å². The maximum Gasteiger partial charge on any atom is 0.322 e. The molecule has 1 aromatic heterocycles.